The van der Waals surface area contributed by atoms with E-state index in [0.29, 0.717) is 52.2 Å². The van der Waals surface area contributed by atoms with E-state index in [1.807, 2.05) is 20.8 Å². The molecule has 1 atom stereocenters. The summed E-state index contributed by atoms with van der Waals surface area (Å²) >= 11 is 0. The van der Waals surface area contributed by atoms with Gasteiger partial charge in [0.1, 0.15) is 0 Å². The van der Waals surface area contributed by atoms with Crippen LogP contribution in [0.1, 0.15) is 80.6 Å². The number of hydrogen-bond acceptors (Lipinski definition) is 6. The summed E-state index contributed by atoms with van der Waals surface area (Å²) in [5.74, 6) is -0.344. The molecule has 0 saturated carbocycles. The van der Waals surface area contributed by atoms with Gasteiger partial charge < -0.3 is 30.0 Å². The van der Waals surface area contributed by atoms with Crippen molar-refractivity contribution in [2.24, 2.45) is 11.7 Å². The van der Waals surface area contributed by atoms with Crippen LogP contribution in [-0.2, 0) is 28.5 Å². The first-order chi connectivity index (χ1) is 14.7. The summed E-state index contributed by atoms with van der Waals surface area (Å²) in [7, 11) is 1.69. The molecule has 0 aliphatic heterocycles. The van der Waals surface area contributed by atoms with E-state index >= 15 is 0 Å². The van der Waals surface area contributed by atoms with Gasteiger partial charge in [-0.3, -0.25) is 9.59 Å². The lowest BCUT2D eigenvalue weighted by Crippen LogP contribution is -2.45. The van der Waals surface area contributed by atoms with Gasteiger partial charge in [-0.05, 0) is 67.7 Å². The molecule has 0 aliphatic rings. The number of ether oxygens (including phenoxy) is 4. The molecule has 0 aliphatic carbocycles. The maximum atomic E-state index is 11.7. The minimum absolute atomic E-state index is 0.0714. The molecule has 0 heterocycles. The fraction of sp³-hybridized carbons (Fsp3) is 0.917. The SMILES string of the molecule is CCOC(C)(C)CC(COCCCNC(=O)CCCC(N)=O)C(C)(C)OCC(C)(C)OC. The normalized spacial score (nSPS) is 13.8. The highest BCUT2D eigenvalue weighted by Crippen LogP contribution is 2.32. The van der Waals surface area contributed by atoms with Crippen LogP contribution < -0.4 is 11.1 Å². The number of hydrogen-bond donors (Lipinski definition) is 2. The van der Waals surface area contributed by atoms with Crippen LogP contribution in [0.2, 0.25) is 0 Å². The topological polar surface area (TPSA) is 109 Å². The summed E-state index contributed by atoms with van der Waals surface area (Å²) < 4.78 is 23.7. The van der Waals surface area contributed by atoms with Gasteiger partial charge >= 0.3 is 0 Å². The smallest absolute Gasteiger partial charge is 0.220 e. The van der Waals surface area contributed by atoms with Crippen LogP contribution in [0, 0.1) is 5.92 Å². The van der Waals surface area contributed by atoms with Gasteiger partial charge in [0.15, 0.2) is 0 Å². The molecule has 8 nitrogen and oxygen atoms in total. The van der Waals surface area contributed by atoms with Gasteiger partial charge in [-0.25, -0.2) is 0 Å². The number of methoxy groups -OCH3 is 1. The lowest BCUT2D eigenvalue weighted by atomic mass is 9.82. The predicted molar refractivity (Wildman–Crippen MR) is 126 cm³/mol. The van der Waals surface area contributed by atoms with E-state index in [1.54, 1.807) is 7.11 Å². The van der Waals surface area contributed by atoms with Crippen molar-refractivity contribution in [3.8, 4) is 0 Å². The minimum Gasteiger partial charge on any atom is -0.381 e. The molecule has 0 aromatic heterocycles. The number of primary amides is 1. The Morgan fingerprint density at radius 2 is 1.62 bits per heavy atom. The lowest BCUT2D eigenvalue weighted by Gasteiger charge is -2.40. The average Bonchev–Trinajstić information content (AvgIpc) is 2.67. The van der Waals surface area contributed by atoms with Gasteiger partial charge in [0.25, 0.3) is 0 Å². The summed E-state index contributed by atoms with van der Waals surface area (Å²) in [6, 6.07) is 0. The fourth-order valence-corrected chi connectivity index (χ4v) is 3.22. The van der Waals surface area contributed by atoms with Crippen LogP contribution in [0.15, 0.2) is 0 Å². The molecule has 0 aromatic rings. The van der Waals surface area contributed by atoms with Crippen LogP contribution in [-0.4, -0.2) is 68.7 Å². The second-order valence-corrected chi connectivity index (χ2v) is 10.0. The van der Waals surface area contributed by atoms with Crippen molar-refractivity contribution in [3.63, 3.8) is 0 Å². The fourth-order valence-electron chi connectivity index (χ4n) is 3.22. The molecular weight excluding hydrogens is 412 g/mol. The van der Waals surface area contributed by atoms with Crippen molar-refractivity contribution < 1.29 is 28.5 Å². The molecule has 0 radical (unpaired) electrons. The molecule has 190 valence electrons. The van der Waals surface area contributed by atoms with Crippen LogP contribution in [0.5, 0.6) is 0 Å². The Bertz CT molecular complexity index is 549. The molecule has 2 amide bonds. The standard InChI is InChI=1S/C24H48N2O6/c1-9-31-22(2,3)16-19(24(6,7)32-18-23(4,5)29-8)17-30-15-11-14-26-21(28)13-10-12-20(25)27/h19H,9-18H2,1-8H3,(H2,25,27)(H,26,28). The first kappa shape index (κ1) is 30.8. The van der Waals surface area contributed by atoms with Crippen molar-refractivity contribution in [1.82, 2.24) is 5.32 Å². The zero-order valence-corrected chi connectivity index (χ0v) is 21.7. The summed E-state index contributed by atoms with van der Waals surface area (Å²) in [5.41, 5.74) is 3.99. The van der Waals surface area contributed by atoms with E-state index in [4.69, 9.17) is 24.7 Å². The quantitative estimate of drug-likeness (QED) is 0.287. The Hall–Kier alpha value is -1.22. The van der Waals surface area contributed by atoms with Crippen molar-refractivity contribution in [1.29, 1.82) is 0 Å². The number of carbonyl (C=O) groups is 2. The van der Waals surface area contributed by atoms with Gasteiger partial charge in [-0.1, -0.05) is 0 Å². The van der Waals surface area contributed by atoms with Crippen molar-refractivity contribution >= 4 is 11.8 Å². The van der Waals surface area contributed by atoms with Crippen molar-refractivity contribution in [2.45, 2.75) is 97.4 Å². The van der Waals surface area contributed by atoms with Crippen molar-refractivity contribution in [2.75, 3.05) is 40.1 Å². The Balaban J connectivity index is 4.62. The summed E-state index contributed by atoms with van der Waals surface area (Å²) in [5, 5.41) is 2.84. The zero-order valence-electron chi connectivity index (χ0n) is 21.7. The maximum absolute atomic E-state index is 11.7. The second-order valence-electron chi connectivity index (χ2n) is 10.0. The van der Waals surface area contributed by atoms with E-state index in [2.05, 4.69) is 33.0 Å². The third kappa shape index (κ3) is 14.8. The molecular formula is C24H48N2O6. The third-order valence-corrected chi connectivity index (χ3v) is 5.53. The van der Waals surface area contributed by atoms with Crippen molar-refractivity contribution in [3.05, 3.63) is 0 Å². The highest BCUT2D eigenvalue weighted by Gasteiger charge is 2.37. The first-order valence-electron chi connectivity index (χ1n) is 11.7. The molecule has 0 aromatic carbocycles. The molecule has 3 N–H and O–H groups in total. The van der Waals surface area contributed by atoms with E-state index in [0.717, 1.165) is 6.42 Å². The third-order valence-electron chi connectivity index (χ3n) is 5.53. The molecule has 0 spiro atoms. The Morgan fingerprint density at radius 3 is 2.19 bits per heavy atom. The molecule has 1 unspecified atom stereocenters. The van der Waals surface area contributed by atoms with Gasteiger partial charge in [-0.2, -0.15) is 0 Å². The molecule has 0 bridgehead atoms. The zero-order chi connectivity index (χ0) is 24.8. The van der Waals surface area contributed by atoms with Crippen LogP contribution in [0.3, 0.4) is 0 Å². The minimum atomic E-state index is -0.432. The molecule has 0 fully saturated rings. The van der Waals surface area contributed by atoms with Gasteiger partial charge in [0.2, 0.25) is 11.8 Å². The second kappa shape index (κ2) is 14.8. The molecule has 0 saturated heterocycles. The predicted octanol–water partition coefficient (Wildman–Crippen LogP) is 3.21. The Labute approximate surface area is 195 Å². The van der Waals surface area contributed by atoms with E-state index in [1.165, 1.54) is 0 Å². The first-order valence-corrected chi connectivity index (χ1v) is 11.7. The van der Waals surface area contributed by atoms with E-state index in [9.17, 15) is 9.59 Å². The summed E-state index contributed by atoms with van der Waals surface area (Å²) in [6.07, 6.45) is 2.51. The number of nitrogens with one attached hydrogen (secondary N) is 1. The number of carbonyl (C=O) groups excluding carboxylic acids is 2. The lowest BCUT2D eigenvalue weighted by molar-refractivity contribution is -0.151. The number of amides is 2. The number of nitrogens with two attached hydrogens (primary N) is 1. The Kier molecular flexibility index (Phi) is 14.3. The van der Waals surface area contributed by atoms with E-state index in [-0.39, 0.29) is 35.4 Å². The molecule has 32 heavy (non-hydrogen) atoms. The van der Waals surface area contributed by atoms with Crippen LogP contribution >= 0.6 is 0 Å². The van der Waals surface area contributed by atoms with Gasteiger partial charge in [0, 0.05) is 45.6 Å². The summed E-state index contributed by atoms with van der Waals surface area (Å²) in [6.45, 7) is 17.1. The molecule has 8 heteroatoms. The largest absolute Gasteiger partial charge is 0.381 e. The average molecular weight is 461 g/mol. The summed E-state index contributed by atoms with van der Waals surface area (Å²) in [4.78, 5) is 22.5. The molecule has 0 rings (SSSR count). The van der Waals surface area contributed by atoms with Gasteiger partial charge in [-0.15, -0.1) is 0 Å². The highest BCUT2D eigenvalue weighted by molar-refractivity contribution is 5.77. The Morgan fingerprint density at radius 1 is 0.969 bits per heavy atom. The number of rotatable bonds is 19. The van der Waals surface area contributed by atoms with E-state index < -0.39 is 5.60 Å². The van der Waals surface area contributed by atoms with Gasteiger partial charge in [0.05, 0.1) is 30.0 Å². The highest BCUT2D eigenvalue weighted by atomic mass is 16.5. The monoisotopic (exact) mass is 460 g/mol. The van der Waals surface area contributed by atoms with Crippen LogP contribution in [0.4, 0.5) is 0 Å². The maximum Gasteiger partial charge on any atom is 0.220 e. The van der Waals surface area contributed by atoms with Crippen LogP contribution in [0.25, 0.3) is 0 Å².